The van der Waals surface area contributed by atoms with Crippen LogP contribution in [0.15, 0.2) is 60.8 Å². The Balaban J connectivity index is 1.30. The van der Waals surface area contributed by atoms with Crippen LogP contribution in [0, 0.1) is 5.92 Å². The van der Waals surface area contributed by atoms with Gasteiger partial charge in [-0.1, -0.05) is 49.6 Å². The summed E-state index contributed by atoms with van der Waals surface area (Å²) < 4.78 is 8.40. The van der Waals surface area contributed by atoms with Gasteiger partial charge in [-0.15, -0.1) is 0 Å². The third-order valence-corrected chi connectivity index (χ3v) is 6.97. The molecule has 0 bridgehead atoms. The first-order valence-corrected chi connectivity index (χ1v) is 11.9. The molecule has 1 fully saturated rings. The fourth-order valence-corrected chi connectivity index (χ4v) is 5.28. The van der Waals surface area contributed by atoms with Crippen LogP contribution in [0.4, 0.5) is 0 Å². The van der Waals surface area contributed by atoms with Crippen molar-refractivity contribution < 1.29 is 4.74 Å². The number of ether oxygens (including phenoxy) is 1. The highest BCUT2D eigenvalue weighted by molar-refractivity contribution is 5.77. The zero-order valence-electron chi connectivity index (χ0n) is 18.3. The van der Waals surface area contributed by atoms with E-state index in [1.54, 1.807) is 0 Å². The average molecular weight is 425 g/mol. The van der Waals surface area contributed by atoms with Crippen molar-refractivity contribution >= 4 is 11.2 Å². The Labute approximate surface area is 188 Å². The minimum atomic E-state index is 0.297. The van der Waals surface area contributed by atoms with Crippen LogP contribution in [0.25, 0.3) is 22.4 Å². The minimum Gasteiger partial charge on any atom is -0.477 e. The summed E-state index contributed by atoms with van der Waals surface area (Å²) in [6.07, 6.45) is 10.4. The predicted octanol–water partition coefficient (Wildman–Crippen LogP) is 5.99. The van der Waals surface area contributed by atoms with Gasteiger partial charge in [-0.05, 0) is 48.9 Å². The van der Waals surface area contributed by atoms with E-state index in [0.717, 1.165) is 47.7 Å². The third-order valence-electron chi connectivity index (χ3n) is 6.97. The van der Waals surface area contributed by atoms with E-state index >= 15 is 0 Å². The number of pyridine rings is 2. The second-order valence-corrected chi connectivity index (χ2v) is 9.10. The van der Waals surface area contributed by atoms with Crippen molar-refractivity contribution in [2.24, 2.45) is 5.92 Å². The number of imidazole rings is 1. The fourth-order valence-electron chi connectivity index (χ4n) is 5.28. The summed E-state index contributed by atoms with van der Waals surface area (Å²) in [5, 5.41) is 0. The van der Waals surface area contributed by atoms with Gasteiger partial charge in [0.15, 0.2) is 5.65 Å². The summed E-state index contributed by atoms with van der Waals surface area (Å²) in [7, 11) is 0. The van der Waals surface area contributed by atoms with E-state index in [0.29, 0.717) is 17.8 Å². The number of rotatable bonds is 5. The van der Waals surface area contributed by atoms with E-state index < -0.39 is 0 Å². The van der Waals surface area contributed by atoms with Crippen molar-refractivity contribution in [1.29, 1.82) is 0 Å². The molecule has 5 nitrogen and oxygen atoms in total. The zero-order valence-corrected chi connectivity index (χ0v) is 18.3. The lowest BCUT2D eigenvalue weighted by molar-refractivity contribution is 0.203. The molecule has 1 aliphatic heterocycles. The molecule has 0 unspecified atom stereocenters. The van der Waals surface area contributed by atoms with Gasteiger partial charge in [-0.2, -0.15) is 0 Å². The van der Waals surface area contributed by atoms with Gasteiger partial charge < -0.3 is 9.30 Å². The van der Waals surface area contributed by atoms with Crippen LogP contribution in [-0.2, 0) is 6.42 Å². The Morgan fingerprint density at radius 1 is 0.906 bits per heavy atom. The van der Waals surface area contributed by atoms with Crippen LogP contribution in [0.2, 0.25) is 0 Å². The molecule has 162 valence electrons. The van der Waals surface area contributed by atoms with Crippen LogP contribution >= 0.6 is 0 Å². The van der Waals surface area contributed by atoms with Gasteiger partial charge >= 0.3 is 0 Å². The number of aromatic nitrogens is 4. The van der Waals surface area contributed by atoms with Crippen molar-refractivity contribution in [3.8, 4) is 17.1 Å². The molecule has 0 amide bonds. The van der Waals surface area contributed by atoms with E-state index in [9.17, 15) is 0 Å². The minimum absolute atomic E-state index is 0.297. The summed E-state index contributed by atoms with van der Waals surface area (Å²) in [6.45, 7) is 0.762. The Bertz CT molecular complexity index is 1230. The van der Waals surface area contributed by atoms with Gasteiger partial charge in [-0.25, -0.2) is 15.0 Å². The van der Waals surface area contributed by atoms with Crippen LogP contribution < -0.4 is 4.74 Å². The molecule has 0 radical (unpaired) electrons. The lowest BCUT2D eigenvalue weighted by Crippen LogP contribution is -2.15. The highest BCUT2D eigenvalue weighted by Gasteiger charge is 2.27. The van der Waals surface area contributed by atoms with Crippen molar-refractivity contribution in [2.45, 2.75) is 51.0 Å². The van der Waals surface area contributed by atoms with E-state index in [-0.39, 0.29) is 0 Å². The molecule has 1 aliphatic carbocycles. The number of aryl methyl sites for hydroxylation is 1. The van der Waals surface area contributed by atoms with Gasteiger partial charge in [0.1, 0.15) is 11.3 Å². The molecule has 0 saturated heterocycles. The Kier molecular flexibility index (Phi) is 5.10. The molecule has 1 atom stereocenters. The summed E-state index contributed by atoms with van der Waals surface area (Å²) in [5.41, 5.74) is 5.21. The molecule has 4 heterocycles. The normalized spacial score (nSPS) is 18.7. The number of fused-ring (bicyclic) bond motifs is 3. The molecule has 3 aromatic heterocycles. The monoisotopic (exact) mass is 424 g/mol. The van der Waals surface area contributed by atoms with E-state index in [4.69, 9.17) is 14.7 Å². The quantitative estimate of drug-likeness (QED) is 0.395. The molecule has 1 aromatic carbocycles. The van der Waals surface area contributed by atoms with E-state index in [1.807, 2.05) is 18.3 Å². The number of benzene rings is 1. The third kappa shape index (κ3) is 3.66. The first-order chi connectivity index (χ1) is 15.8. The Morgan fingerprint density at radius 3 is 2.66 bits per heavy atom. The maximum atomic E-state index is 6.07. The Morgan fingerprint density at radius 2 is 1.78 bits per heavy atom. The Hall–Kier alpha value is -3.21. The molecular weight excluding hydrogens is 396 g/mol. The summed E-state index contributed by atoms with van der Waals surface area (Å²) in [6, 6.07) is 19.2. The number of hydrogen-bond donors (Lipinski definition) is 0. The van der Waals surface area contributed by atoms with Crippen molar-refractivity contribution in [3.63, 3.8) is 0 Å². The predicted molar refractivity (Wildman–Crippen MR) is 126 cm³/mol. The lowest BCUT2D eigenvalue weighted by atomic mass is 9.90. The second kappa shape index (κ2) is 8.38. The first kappa shape index (κ1) is 19.5. The summed E-state index contributed by atoms with van der Waals surface area (Å²) in [5.74, 6) is 2.48. The van der Waals surface area contributed by atoms with Gasteiger partial charge in [0.25, 0.3) is 0 Å². The van der Waals surface area contributed by atoms with Gasteiger partial charge in [0, 0.05) is 24.2 Å². The number of nitrogens with zero attached hydrogens (tertiary/aromatic N) is 4. The highest BCUT2D eigenvalue weighted by Crippen LogP contribution is 2.35. The molecule has 0 N–H and O–H groups in total. The van der Waals surface area contributed by atoms with Crippen molar-refractivity contribution in [3.05, 3.63) is 72.2 Å². The average Bonchev–Trinajstić information content (AvgIpc) is 3.43. The van der Waals surface area contributed by atoms with Gasteiger partial charge in [0.05, 0.1) is 18.3 Å². The molecule has 5 heteroatoms. The molecule has 2 aliphatic rings. The van der Waals surface area contributed by atoms with Crippen molar-refractivity contribution in [1.82, 2.24) is 19.5 Å². The standard InChI is InChI=1S/C27H28N4O/c1-3-7-19(8-4-1)18-32-26-17-21(15-16-28-26)22-11-12-23-27(30-22)31-24(13-14-25(31)29-23)20-9-5-2-6-10-20/h2,5-6,9-12,15-17,19,24H,1,3-4,7-8,13-14,18H2/t24-/m1/s1. The largest absolute Gasteiger partial charge is 0.477 e. The molecule has 0 spiro atoms. The molecular formula is C27H28N4O. The maximum absolute atomic E-state index is 6.07. The van der Waals surface area contributed by atoms with E-state index in [2.05, 4.69) is 52.0 Å². The smallest absolute Gasteiger partial charge is 0.213 e. The SMILES string of the molecule is c1ccc([C@H]2CCc3nc4ccc(-c5ccnc(OCC6CCCCC6)c5)nc4n32)cc1. The fraction of sp³-hybridized carbons (Fsp3) is 0.370. The molecule has 32 heavy (non-hydrogen) atoms. The van der Waals surface area contributed by atoms with Crippen LogP contribution in [0.1, 0.15) is 56.0 Å². The van der Waals surface area contributed by atoms with Crippen LogP contribution in [-0.4, -0.2) is 26.1 Å². The van der Waals surface area contributed by atoms with Crippen LogP contribution in [0.3, 0.4) is 0 Å². The van der Waals surface area contributed by atoms with Crippen LogP contribution in [0.5, 0.6) is 5.88 Å². The highest BCUT2D eigenvalue weighted by atomic mass is 16.5. The van der Waals surface area contributed by atoms with Crippen molar-refractivity contribution in [2.75, 3.05) is 6.61 Å². The second-order valence-electron chi connectivity index (χ2n) is 9.10. The van der Waals surface area contributed by atoms with Gasteiger partial charge in [-0.3, -0.25) is 0 Å². The molecule has 4 aromatic rings. The maximum Gasteiger partial charge on any atom is 0.213 e. The summed E-state index contributed by atoms with van der Waals surface area (Å²) in [4.78, 5) is 14.4. The lowest BCUT2D eigenvalue weighted by Gasteiger charge is -2.21. The van der Waals surface area contributed by atoms with Gasteiger partial charge in [0.2, 0.25) is 5.88 Å². The first-order valence-electron chi connectivity index (χ1n) is 11.9. The molecule has 1 saturated carbocycles. The topological polar surface area (TPSA) is 52.8 Å². The summed E-state index contributed by atoms with van der Waals surface area (Å²) >= 11 is 0. The number of hydrogen-bond acceptors (Lipinski definition) is 4. The zero-order chi connectivity index (χ0) is 21.3. The molecule has 6 rings (SSSR count). The van der Waals surface area contributed by atoms with E-state index in [1.165, 1.54) is 37.7 Å².